The van der Waals surface area contributed by atoms with Crippen LogP contribution in [0.4, 0.5) is 0 Å². The maximum Gasteiger partial charge on any atom is 0.237 e. The third kappa shape index (κ3) is 4.86. The van der Waals surface area contributed by atoms with Crippen LogP contribution in [0.2, 0.25) is 0 Å². The Bertz CT molecular complexity index is 411. The van der Waals surface area contributed by atoms with Crippen molar-refractivity contribution >= 4 is 5.91 Å². The summed E-state index contributed by atoms with van der Waals surface area (Å²) in [7, 11) is 2.00. The van der Waals surface area contributed by atoms with Crippen LogP contribution < -0.4 is 10.6 Å². The molecule has 0 aliphatic carbocycles. The van der Waals surface area contributed by atoms with E-state index in [9.17, 15) is 4.79 Å². The minimum Gasteiger partial charge on any atom is -0.467 e. The summed E-state index contributed by atoms with van der Waals surface area (Å²) >= 11 is 0. The van der Waals surface area contributed by atoms with Crippen molar-refractivity contribution in [3.8, 4) is 0 Å². The molecule has 0 bridgehead atoms. The third-order valence-corrected chi connectivity index (χ3v) is 4.40. The number of piperidine rings is 1. The molecule has 1 aromatic rings. The first-order valence-electron chi connectivity index (χ1n) is 7.89. The lowest BCUT2D eigenvalue weighted by molar-refractivity contribution is -0.126. The predicted molar refractivity (Wildman–Crippen MR) is 82.9 cm³/mol. The molecule has 2 N–H and O–H groups in total. The lowest BCUT2D eigenvalue weighted by atomic mass is 9.93. The van der Waals surface area contributed by atoms with Gasteiger partial charge in [-0.15, -0.1) is 0 Å². The van der Waals surface area contributed by atoms with Crippen molar-refractivity contribution in [3.63, 3.8) is 0 Å². The molecule has 2 rings (SSSR count). The summed E-state index contributed by atoms with van der Waals surface area (Å²) in [5.74, 6) is 1.67. The van der Waals surface area contributed by atoms with Crippen LogP contribution in [0.25, 0.3) is 0 Å². The van der Waals surface area contributed by atoms with Crippen molar-refractivity contribution in [2.24, 2.45) is 5.92 Å². The van der Waals surface area contributed by atoms with Crippen LogP contribution in [0.1, 0.15) is 31.9 Å². The average molecular weight is 293 g/mol. The van der Waals surface area contributed by atoms with Gasteiger partial charge in [-0.1, -0.05) is 0 Å². The van der Waals surface area contributed by atoms with Crippen LogP contribution >= 0.6 is 0 Å². The smallest absolute Gasteiger partial charge is 0.237 e. The van der Waals surface area contributed by atoms with Gasteiger partial charge in [0.05, 0.1) is 18.8 Å². The van der Waals surface area contributed by atoms with E-state index in [1.54, 1.807) is 6.26 Å². The first-order chi connectivity index (χ1) is 10.2. The average Bonchev–Trinajstić information content (AvgIpc) is 3.04. The molecule has 1 saturated heterocycles. The third-order valence-electron chi connectivity index (χ3n) is 4.40. The standard InChI is InChI=1S/C16H27N3O2/c1-13(16(20)18-12-15-4-3-11-21-15)19-9-6-14(7-10-19)5-8-17-2/h3-4,11,13-14,17H,5-10,12H2,1-2H3,(H,18,20). The summed E-state index contributed by atoms with van der Waals surface area (Å²) in [6.07, 6.45) is 5.25. The fourth-order valence-electron chi connectivity index (χ4n) is 2.88. The van der Waals surface area contributed by atoms with E-state index in [2.05, 4.69) is 15.5 Å². The van der Waals surface area contributed by atoms with E-state index in [-0.39, 0.29) is 11.9 Å². The molecule has 1 aromatic heterocycles. The largest absolute Gasteiger partial charge is 0.467 e. The molecule has 0 spiro atoms. The van der Waals surface area contributed by atoms with E-state index in [1.165, 1.54) is 19.3 Å². The maximum atomic E-state index is 12.2. The maximum absolute atomic E-state index is 12.2. The van der Waals surface area contributed by atoms with E-state index in [1.807, 2.05) is 26.1 Å². The number of furan rings is 1. The second kappa shape index (κ2) is 8.20. The molecule has 0 radical (unpaired) electrons. The van der Waals surface area contributed by atoms with Crippen molar-refractivity contribution in [2.45, 2.75) is 38.8 Å². The van der Waals surface area contributed by atoms with Crippen LogP contribution in [-0.2, 0) is 11.3 Å². The van der Waals surface area contributed by atoms with Gasteiger partial charge in [0, 0.05) is 0 Å². The minimum atomic E-state index is -0.0646. The topological polar surface area (TPSA) is 57.5 Å². The summed E-state index contributed by atoms with van der Waals surface area (Å²) in [6.45, 7) is 5.58. The van der Waals surface area contributed by atoms with Crippen molar-refractivity contribution in [2.75, 3.05) is 26.7 Å². The summed E-state index contributed by atoms with van der Waals surface area (Å²) in [6, 6.07) is 3.64. The molecule has 0 aromatic carbocycles. The summed E-state index contributed by atoms with van der Waals surface area (Å²) in [4.78, 5) is 14.5. The van der Waals surface area contributed by atoms with Gasteiger partial charge in [0.1, 0.15) is 5.76 Å². The van der Waals surface area contributed by atoms with Crippen molar-refractivity contribution in [1.29, 1.82) is 0 Å². The molecule has 1 aliphatic heterocycles. The minimum absolute atomic E-state index is 0.0646. The molecule has 1 aliphatic rings. The van der Waals surface area contributed by atoms with Crippen LogP contribution in [0, 0.1) is 5.92 Å². The van der Waals surface area contributed by atoms with Crippen molar-refractivity contribution in [1.82, 2.24) is 15.5 Å². The van der Waals surface area contributed by atoms with E-state index in [4.69, 9.17) is 4.42 Å². The van der Waals surface area contributed by atoms with Gasteiger partial charge in [0.25, 0.3) is 0 Å². The highest BCUT2D eigenvalue weighted by Crippen LogP contribution is 2.21. The van der Waals surface area contributed by atoms with Crippen LogP contribution in [0.5, 0.6) is 0 Å². The quantitative estimate of drug-likeness (QED) is 0.802. The molecule has 0 saturated carbocycles. The van der Waals surface area contributed by atoms with Gasteiger partial charge >= 0.3 is 0 Å². The van der Waals surface area contributed by atoms with Gasteiger partial charge in [0.2, 0.25) is 5.91 Å². The lowest BCUT2D eigenvalue weighted by Crippen LogP contribution is -2.48. The van der Waals surface area contributed by atoms with Crippen molar-refractivity contribution in [3.05, 3.63) is 24.2 Å². The monoisotopic (exact) mass is 293 g/mol. The lowest BCUT2D eigenvalue weighted by Gasteiger charge is -2.35. The molecule has 1 fully saturated rings. The predicted octanol–water partition coefficient (Wildman–Crippen LogP) is 1.61. The Morgan fingerprint density at radius 2 is 2.24 bits per heavy atom. The molecule has 5 heteroatoms. The number of nitrogens with one attached hydrogen (secondary N) is 2. The highest BCUT2D eigenvalue weighted by atomic mass is 16.3. The Balaban J connectivity index is 1.70. The van der Waals surface area contributed by atoms with E-state index >= 15 is 0 Å². The van der Waals surface area contributed by atoms with Crippen LogP contribution in [-0.4, -0.2) is 43.5 Å². The van der Waals surface area contributed by atoms with Gasteiger partial charge in [-0.25, -0.2) is 0 Å². The van der Waals surface area contributed by atoms with Gasteiger partial charge in [-0.2, -0.15) is 0 Å². The fourth-order valence-corrected chi connectivity index (χ4v) is 2.88. The zero-order valence-electron chi connectivity index (χ0n) is 13.1. The Hall–Kier alpha value is -1.33. The highest BCUT2D eigenvalue weighted by Gasteiger charge is 2.26. The molecular formula is C16H27N3O2. The Morgan fingerprint density at radius 3 is 2.86 bits per heavy atom. The Kier molecular flexibility index (Phi) is 6.26. The number of amides is 1. The normalized spacial score (nSPS) is 18.6. The van der Waals surface area contributed by atoms with Gasteiger partial charge in [0.15, 0.2) is 0 Å². The summed E-state index contributed by atoms with van der Waals surface area (Å²) in [5, 5.41) is 6.15. The fraction of sp³-hybridized carbons (Fsp3) is 0.688. The van der Waals surface area contributed by atoms with Gasteiger partial charge in [-0.05, 0) is 70.9 Å². The number of rotatable bonds is 7. The molecule has 118 valence electrons. The summed E-state index contributed by atoms with van der Waals surface area (Å²) in [5.41, 5.74) is 0. The molecule has 1 atom stereocenters. The second-order valence-electron chi connectivity index (χ2n) is 5.84. The summed E-state index contributed by atoms with van der Waals surface area (Å²) < 4.78 is 5.23. The Morgan fingerprint density at radius 1 is 1.48 bits per heavy atom. The number of hydrogen-bond acceptors (Lipinski definition) is 4. The number of likely N-dealkylation sites (tertiary alicyclic amines) is 1. The molecular weight excluding hydrogens is 266 g/mol. The first-order valence-corrected chi connectivity index (χ1v) is 7.89. The van der Waals surface area contributed by atoms with Crippen LogP contribution in [0.3, 0.4) is 0 Å². The molecule has 1 unspecified atom stereocenters. The number of carbonyl (C=O) groups is 1. The number of carbonyl (C=O) groups excluding carboxylic acids is 1. The van der Waals surface area contributed by atoms with Crippen molar-refractivity contribution < 1.29 is 9.21 Å². The zero-order chi connectivity index (χ0) is 15.1. The zero-order valence-corrected chi connectivity index (χ0v) is 13.1. The van der Waals surface area contributed by atoms with Gasteiger partial charge in [-0.3, -0.25) is 9.69 Å². The van der Waals surface area contributed by atoms with E-state index < -0.39 is 0 Å². The SMILES string of the molecule is CNCCC1CCN(C(C)C(=O)NCc2ccco2)CC1. The molecule has 21 heavy (non-hydrogen) atoms. The number of nitrogens with zero attached hydrogens (tertiary/aromatic N) is 1. The highest BCUT2D eigenvalue weighted by molar-refractivity contribution is 5.81. The van der Waals surface area contributed by atoms with E-state index in [0.29, 0.717) is 6.54 Å². The van der Waals surface area contributed by atoms with E-state index in [0.717, 1.165) is 31.3 Å². The first kappa shape index (κ1) is 16.0. The molecule has 5 nitrogen and oxygen atoms in total. The second-order valence-corrected chi connectivity index (χ2v) is 5.84. The molecule has 1 amide bonds. The van der Waals surface area contributed by atoms with Gasteiger partial charge < -0.3 is 15.1 Å². The molecule has 2 heterocycles. The Labute approximate surface area is 127 Å². The number of hydrogen-bond donors (Lipinski definition) is 2. The van der Waals surface area contributed by atoms with Crippen LogP contribution in [0.15, 0.2) is 22.8 Å².